The molecule has 0 amide bonds. The van der Waals surface area contributed by atoms with Gasteiger partial charge in [-0.2, -0.15) is 5.26 Å². The van der Waals surface area contributed by atoms with E-state index in [1.807, 2.05) is 19.1 Å². The molecule has 72 valence electrons. The van der Waals surface area contributed by atoms with Gasteiger partial charge in [-0.15, -0.1) is 6.58 Å². The van der Waals surface area contributed by atoms with Crippen LogP contribution in [0.15, 0.2) is 24.8 Å². The number of aryl methyl sites for hydroxylation is 1. The first-order chi connectivity index (χ1) is 6.60. The molecule has 1 rings (SSSR count). The Morgan fingerprint density at radius 3 is 2.71 bits per heavy atom. The number of benzene rings is 1. The molecule has 3 nitrogen and oxygen atoms in total. The van der Waals surface area contributed by atoms with Crippen LogP contribution in [0.25, 0.3) is 0 Å². The SMILES string of the molecule is C=C[C@@H](N)c1cc(C)c(N)c(C#N)c1. The van der Waals surface area contributed by atoms with Crippen LogP contribution in [-0.4, -0.2) is 0 Å². The van der Waals surface area contributed by atoms with E-state index in [2.05, 4.69) is 6.58 Å². The molecule has 3 heteroatoms. The van der Waals surface area contributed by atoms with E-state index in [9.17, 15) is 0 Å². The summed E-state index contributed by atoms with van der Waals surface area (Å²) >= 11 is 0. The Morgan fingerprint density at radius 1 is 1.57 bits per heavy atom. The Labute approximate surface area is 83.6 Å². The number of nitrogen functional groups attached to an aromatic ring is 1. The Balaban J connectivity index is 3.31. The molecule has 1 aromatic rings. The minimum Gasteiger partial charge on any atom is -0.397 e. The second-order valence-corrected chi connectivity index (χ2v) is 3.17. The molecule has 14 heavy (non-hydrogen) atoms. The lowest BCUT2D eigenvalue weighted by molar-refractivity contribution is 0.912. The van der Waals surface area contributed by atoms with Gasteiger partial charge in [0, 0.05) is 6.04 Å². The average Bonchev–Trinajstić information content (AvgIpc) is 2.20. The smallest absolute Gasteiger partial charge is 0.101 e. The number of hydrogen-bond acceptors (Lipinski definition) is 3. The van der Waals surface area contributed by atoms with Crippen LogP contribution in [-0.2, 0) is 0 Å². The van der Waals surface area contributed by atoms with E-state index in [1.165, 1.54) is 0 Å². The van der Waals surface area contributed by atoms with Crippen molar-refractivity contribution in [1.29, 1.82) is 5.26 Å². The number of nitriles is 1. The van der Waals surface area contributed by atoms with Crippen LogP contribution in [0.4, 0.5) is 5.69 Å². The van der Waals surface area contributed by atoms with Crippen LogP contribution >= 0.6 is 0 Å². The zero-order chi connectivity index (χ0) is 10.7. The van der Waals surface area contributed by atoms with Crippen molar-refractivity contribution in [2.75, 3.05) is 5.73 Å². The van der Waals surface area contributed by atoms with Crippen LogP contribution in [0.3, 0.4) is 0 Å². The molecule has 0 spiro atoms. The molecule has 0 bridgehead atoms. The van der Waals surface area contributed by atoms with Gasteiger partial charge in [-0.1, -0.05) is 12.1 Å². The molecule has 0 saturated heterocycles. The highest BCUT2D eigenvalue weighted by molar-refractivity contribution is 5.60. The number of nitrogens with two attached hydrogens (primary N) is 2. The van der Waals surface area contributed by atoms with Crippen LogP contribution in [0.2, 0.25) is 0 Å². The Morgan fingerprint density at radius 2 is 2.21 bits per heavy atom. The highest BCUT2D eigenvalue weighted by atomic mass is 14.6. The Kier molecular flexibility index (Phi) is 2.90. The van der Waals surface area contributed by atoms with E-state index in [-0.39, 0.29) is 6.04 Å². The van der Waals surface area contributed by atoms with Gasteiger partial charge in [0.15, 0.2) is 0 Å². The predicted molar refractivity (Wildman–Crippen MR) is 57.4 cm³/mol. The van der Waals surface area contributed by atoms with E-state index < -0.39 is 0 Å². The molecule has 0 aliphatic carbocycles. The van der Waals surface area contributed by atoms with Crippen LogP contribution < -0.4 is 11.5 Å². The second kappa shape index (κ2) is 3.95. The topological polar surface area (TPSA) is 75.8 Å². The van der Waals surface area contributed by atoms with E-state index in [0.717, 1.165) is 11.1 Å². The standard InChI is InChI=1S/C11H13N3/c1-3-10(13)8-4-7(2)11(14)9(5-8)6-12/h3-5,10H,1,13-14H2,2H3/t10-/m1/s1. The van der Waals surface area contributed by atoms with Crippen molar-refractivity contribution < 1.29 is 0 Å². The van der Waals surface area contributed by atoms with Crippen molar-refractivity contribution in [1.82, 2.24) is 0 Å². The third-order valence-electron chi connectivity index (χ3n) is 2.17. The lowest BCUT2D eigenvalue weighted by Crippen LogP contribution is -2.08. The zero-order valence-electron chi connectivity index (χ0n) is 8.12. The molecular weight excluding hydrogens is 174 g/mol. The lowest BCUT2D eigenvalue weighted by Gasteiger charge is -2.10. The number of hydrogen-bond donors (Lipinski definition) is 2. The van der Waals surface area contributed by atoms with Crippen molar-refractivity contribution in [3.63, 3.8) is 0 Å². The molecule has 0 aliphatic rings. The predicted octanol–water partition coefficient (Wildman–Crippen LogP) is 1.63. The molecule has 0 radical (unpaired) electrons. The minimum atomic E-state index is -0.249. The monoisotopic (exact) mass is 187 g/mol. The maximum atomic E-state index is 8.83. The Hall–Kier alpha value is -1.79. The summed E-state index contributed by atoms with van der Waals surface area (Å²) in [5.74, 6) is 0. The summed E-state index contributed by atoms with van der Waals surface area (Å²) in [4.78, 5) is 0. The summed E-state index contributed by atoms with van der Waals surface area (Å²) in [5, 5.41) is 8.83. The fourth-order valence-corrected chi connectivity index (χ4v) is 1.25. The van der Waals surface area contributed by atoms with E-state index in [4.69, 9.17) is 16.7 Å². The van der Waals surface area contributed by atoms with Crippen LogP contribution in [0.1, 0.15) is 22.7 Å². The number of nitrogens with zero attached hydrogens (tertiary/aromatic N) is 1. The van der Waals surface area contributed by atoms with Crippen LogP contribution in [0.5, 0.6) is 0 Å². The molecule has 0 aliphatic heterocycles. The van der Waals surface area contributed by atoms with Gasteiger partial charge in [-0.25, -0.2) is 0 Å². The highest BCUT2D eigenvalue weighted by Crippen LogP contribution is 2.22. The van der Waals surface area contributed by atoms with E-state index in [0.29, 0.717) is 11.3 Å². The maximum Gasteiger partial charge on any atom is 0.101 e. The Bertz CT molecular complexity index is 402. The van der Waals surface area contributed by atoms with Gasteiger partial charge in [-0.3, -0.25) is 0 Å². The summed E-state index contributed by atoms with van der Waals surface area (Å²) in [6.45, 7) is 5.46. The van der Waals surface area contributed by atoms with Crippen molar-refractivity contribution in [2.45, 2.75) is 13.0 Å². The van der Waals surface area contributed by atoms with Crippen molar-refractivity contribution in [2.24, 2.45) is 5.73 Å². The number of rotatable bonds is 2. The number of anilines is 1. The zero-order valence-corrected chi connectivity index (χ0v) is 8.12. The minimum absolute atomic E-state index is 0.249. The molecule has 0 unspecified atom stereocenters. The van der Waals surface area contributed by atoms with Crippen molar-refractivity contribution >= 4 is 5.69 Å². The normalized spacial score (nSPS) is 11.8. The third-order valence-corrected chi connectivity index (χ3v) is 2.17. The fourth-order valence-electron chi connectivity index (χ4n) is 1.25. The molecule has 0 heterocycles. The molecule has 1 aromatic carbocycles. The van der Waals surface area contributed by atoms with Crippen LogP contribution in [0, 0.1) is 18.3 Å². The van der Waals surface area contributed by atoms with Gasteiger partial charge in [0.1, 0.15) is 6.07 Å². The third kappa shape index (κ3) is 1.76. The lowest BCUT2D eigenvalue weighted by atomic mass is 10.00. The molecular formula is C11H13N3. The molecule has 1 atom stereocenters. The summed E-state index contributed by atoms with van der Waals surface area (Å²) in [5.41, 5.74) is 14.2. The molecule has 0 fully saturated rings. The summed E-state index contributed by atoms with van der Waals surface area (Å²) < 4.78 is 0. The van der Waals surface area contributed by atoms with Crippen molar-refractivity contribution in [3.8, 4) is 6.07 Å². The summed E-state index contributed by atoms with van der Waals surface area (Å²) in [6, 6.07) is 5.37. The maximum absolute atomic E-state index is 8.83. The van der Waals surface area contributed by atoms with E-state index >= 15 is 0 Å². The van der Waals surface area contributed by atoms with Gasteiger partial charge in [0.2, 0.25) is 0 Å². The molecule has 0 aromatic heterocycles. The summed E-state index contributed by atoms with van der Waals surface area (Å²) in [6.07, 6.45) is 1.63. The van der Waals surface area contributed by atoms with Gasteiger partial charge in [-0.05, 0) is 24.1 Å². The average molecular weight is 187 g/mol. The second-order valence-electron chi connectivity index (χ2n) is 3.17. The molecule has 0 saturated carbocycles. The van der Waals surface area contributed by atoms with Crippen molar-refractivity contribution in [3.05, 3.63) is 41.5 Å². The first-order valence-corrected chi connectivity index (χ1v) is 4.28. The first-order valence-electron chi connectivity index (χ1n) is 4.28. The van der Waals surface area contributed by atoms with Gasteiger partial charge < -0.3 is 11.5 Å². The van der Waals surface area contributed by atoms with Gasteiger partial charge in [0.05, 0.1) is 11.3 Å². The highest BCUT2D eigenvalue weighted by Gasteiger charge is 2.07. The van der Waals surface area contributed by atoms with Gasteiger partial charge in [0.25, 0.3) is 0 Å². The van der Waals surface area contributed by atoms with E-state index in [1.54, 1.807) is 12.1 Å². The molecule has 4 N–H and O–H groups in total. The summed E-state index contributed by atoms with van der Waals surface area (Å²) in [7, 11) is 0. The largest absolute Gasteiger partial charge is 0.397 e. The first kappa shape index (κ1) is 10.3. The quantitative estimate of drug-likeness (QED) is 0.545. The fraction of sp³-hybridized carbons (Fsp3) is 0.182. The van der Waals surface area contributed by atoms with Gasteiger partial charge >= 0.3 is 0 Å².